The molecule has 0 spiro atoms. The van der Waals surface area contributed by atoms with E-state index in [0.29, 0.717) is 6.61 Å². The summed E-state index contributed by atoms with van der Waals surface area (Å²) in [4.78, 5) is 0. The lowest BCUT2D eigenvalue weighted by molar-refractivity contribution is 0.00576. The van der Waals surface area contributed by atoms with Gasteiger partial charge in [0.2, 0.25) is 0 Å². The van der Waals surface area contributed by atoms with Crippen molar-refractivity contribution in [3.63, 3.8) is 0 Å². The summed E-state index contributed by atoms with van der Waals surface area (Å²) >= 11 is 0. The third-order valence-electron chi connectivity index (χ3n) is 4.80. The van der Waals surface area contributed by atoms with Crippen LogP contribution in [0.25, 0.3) is 0 Å². The van der Waals surface area contributed by atoms with E-state index in [9.17, 15) is 0 Å². The highest BCUT2D eigenvalue weighted by Gasteiger charge is 2.49. The average Bonchev–Trinajstić information content (AvgIpc) is 3.30. The summed E-state index contributed by atoms with van der Waals surface area (Å²) in [5, 5.41) is 0. The first-order valence-electron chi connectivity index (χ1n) is 7.85. The summed E-state index contributed by atoms with van der Waals surface area (Å²) in [5.41, 5.74) is 7.49. The first kappa shape index (κ1) is 14.7. The van der Waals surface area contributed by atoms with Crippen molar-refractivity contribution >= 4 is 0 Å². The van der Waals surface area contributed by atoms with E-state index < -0.39 is 0 Å². The first-order chi connectivity index (χ1) is 10.2. The molecule has 1 aliphatic carbocycles. The summed E-state index contributed by atoms with van der Waals surface area (Å²) in [6, 6.07) is 6.24. The van der Waals surface area contributed by atoms with E-state index >= 15 is 0 Å². The van der Waals surface area contributed by atoms with E-state index in [-0.39, 0.29) is 17.6 Å². The van der Waals surface area contributed by atoms with Gasteiger partial charge in [0, 0.05) is 23.6 Å². The summed E-state index contributed by atoms with van der Waals surface area (Å²) in [6.45, 7) is 3.57. The van der Waals surface area contributed by atoms with Crippen molar-refractivity contribution in [2.45, 2.75) is 50.2 Å². The molecule has 2 atom stereocenters. The fourth-order valence-corrected chi connectivity index (χ4v) is 3.27. The quantitative estimate of drug-likeness (QED) is 0.906. The molecule has 0 radical (unpaired) electrons. The highest BCUT2D eigenvalue weighted by Crippen LogP contribution is 2.55. The minimum absolute atomic E-state index is 0.0550. The van der Waals surface area contributed by atoms with Gasteiger partial charge in [-0.05, 0) is 38.7 Å². The Morgan fingerprint density at radius 3 is 2.76 bits per heavy atom. The van der Waals surface area contributed by atoms with Crippen LogP contribution in [0.2, 0.25) is 0 Å². The van der Waals surface area contributed by atoms with Gasteiger partial charge in [0.05, 0.1) is 13.7 Å². The normalized spacial score (nSPS) is 25.2. The smallest absolute Gasteiger partial charge is 0.165 e. The Labute approximate surface area is 126 Å². The molecule has 21 heavy (non-hydrogen) atoms. The predicted molar refractivity (Wildman–Crippen MR) is 82.0 cm³/mol. The number of hydrogen-bond donors (Lipinski definition) is 1. The summed E-state index contributed by atoms with van der Waals surface area (Å²) < 4.78 is 17.3. The number of para-hydroxylation sites is 1. The van der Waals surface area contributed by atoms with Gasteiger partial charge in [0.1, 0.15) is 6.10 Å². The number of ether oxygens (including phenoxy) is 3. The lowest BCUT2D eigenvalue weighted by atomic mass is 9.88. The molecule has 4 nitrogen and oxygen atoms in total. The minimum atomic E-state index is 0.0550. The van der Waals surface area contributed by atoms with Crippen molar-refractivity contribution in [1.82, 2.24) is 0 Å². The topological polar surface area (TPSA) is 53.7 Å². The maximum atomic E-state index is 6.28. The van der Waals surface area contributed by atoms with E-state index in [1.807, 2.05) is 12.1 Å². The van der Waals surface area contributed by atoms with Crippen molar-refractivity contribution in [1.29, 1.82) is 0 Å². The van der Waals surface area contributed by atoms with Gasteiger partial charge in [-0.25, -0.2) is 0 Å². The fourth-order valence-electron chi connectivity index (χ4n) is 3.27. The van der Waals surface area contributed by atoms with Crippen LogP contribution in [0.4, 0.5) is 0 Å². The lowest BCUT2D eigenvalue weighted by Crippen LogP contribution is -2.33. The average molecular weight is 291 g/mol. The zero-order valence-electron chi connectivity index (χ0n) is 12.9. The molecular formula is C17H25NO3. The van der Waals surface area contributed by atoms with Crippen molar-refractivity contribution in [2.75, 3.05) is 20.3 Å². The molecule has 1 aromatic carbocycles. The van der Waals surface area contributed by atoms with Crippen LogP contribution in [-0.2, 0) is 10.2 Å². The van der Waals surface area contributed by atoms with Gasteiger partial charge in [-0.3, -0.25) is 0 Å². The molecule has 116 valence electrons. The van der Waals surface area contributed by atoms with Crippen LogP contribution in [0, 0.1) is 0 Å². The van der Waals surface area contributed by atoms with Crippen LogP contribution in [0.5, 0.6) is 11.5 Å². The van der Waals surface area contributed by atoms with Gasteiger partial charge in [-0.1, -0.05) is 12.1 Å². The van der Waals surface area contributed by atoms with Crippen LogP contribution in [0.15, 0.2) is 18.2 Å². The number of methoxy groups -OCH3 is 1. The molecule has 2 fully saturated rings. The summed E-state index contributed by atoms with van der Waals surface area (Å²) in [7, 11) is 1.69. The van der Waals surface area contributed by atoms with Crippen LogP contribution in [-0.4, -0.2) is 32.5 Å². The van der Waals surface area contributed by atoms with Crippen LogP contribution >= 0.6 is 0 Å². The second kappa shape index (κ2) is 5.85. The predicted octanol–water partition coefficient (Wildman–Crippen LogP) is 2.63. The number of hydrogen-bond acceptors (Lipinski definition) is 4. The SMILES string of the molecule is COc1cccc(C2(C(C)N)CC2)c1OC1CCCOC1. The number of rotatable bonds is 5. The third-order valence-corrected chi connectivity index (χ3v) is 4.80. The van der Waals surface area contributed by atoms with Crippen LogP contribution in [0.3, 0.4) is 0 Å². The Bertz CT molecular complexity index is 491. The molecule has 1 aliphatic heterocycles. The van der Waals surface area contributed by atoms with Gasteiger partial charge in [-0.2, -0.15) is 0 Å². The maximum absolute atomic E-state index is 6.28. The zero-order chi connectivity index (χ0) is 14.9. The van der Waals surface area contributed by atoms with E-state index in [2.05, 4.69) is 13.0 Å². The Morgan fingerprint density at radius 1 is 1.38 bits per heavy atom. The van der Waals surface area contributed by atoms with Crippen LogP contribution in [0.1, 0.15) is 38.2 Å². The standard InChI is InChI=1S/C17H25NO3/c1-12(18)17(8-9-17)14-6-3-7-15(19-2)16(14)21-13-5-4-10-20-11-13/h3,6-7,12-13H,4-5,8-11,18H2,1-2H3. The van der Waals surface area contributed by atoms with Gasteiger partial charge >= 0.3 is 0 Å². The Morgan fingerprint density at radius 2 is 2.19 bits per heavy atom. The van der Waals surface area contributed by atoms with Gasteiger partial charge in [0.25, 0.3) is 0 Å². The lowest BCUT2D eigenvalue weighted by Gasteiger charge is -2.29. The van der Waals surface area contributed by atoms with Gasteiger partial charge in [0.15, 0.2) is 11.5 Å². The largest absolute Gasteiger partial charge is 0.493 e. The highest BCUT2D eigenvalue weighted by molar-refractivity contribution is 5.53. The second-order valence-corrected chi connectivity index (χ2v) is 6.24. The van der Waals surface area contributed by atoms with Crippen molar-refractivity contribution < 1.29 is 14.2 Å². The monoisotopic (exact) mass is 291 g/mol. The van der Waals surface area contributed by atoms with Crippen molar-refractivity contribution in [3.05, 3.63) is 23.8 Å². The van der Waals surface area contributed by atoms with E-state index in [4.69, 9.17) is 19.9 Å². The number of benzene rings is 1. The summed E-state index contributed by atoms with van der Waals surface area (Å²) in [5.74, 6) is 1.66. The molecule has 1 saturated heterocycles. The summed E-state index contributed by atoms with van der Waals surface area (Å²) in [6.07, 6.45) is 4.43. The molecule has 1 saturated carbocycles. The Kier molecular flexibility index (Phi) is 4.09. The highest BCUT2D eigenvalue weighted by atomic mass is 16.5. The van der Waals surface area contributed by atoms with Crippen molar-refractivity contribution in [2.24, 2.45) is 5.73 Å². The maximum Gasteiger partial charge on any atom is 0.165 e. The molecule has 0 aromatic heterocycles. The molecular weight excluding hydrogens is 266 g/mol. The van der Waals surface area contributed by atoms with Gasteiger partial charge < -0.3 is 19.9 Å². The second-order valence-electron chi connectivity index (χ2n) is 6.24. The molecule has 1 aromatic rings. The Hall–Kier alpha value is -1.26. The van der Waals surface area contributed by atoms with E-state index in [0.717, 1.165) is 43.8 Å². The molecule has 0 amide bonds. The Balaban J connectivity index is 1.92. The molecule has 0 bridgehead atoms. The van der Waals surface area contributed by atoms with E-state index in [1.165, 1.54) is 5.56 Å². The molecule has 2 N–H and O–H groups in total. The molecule has 2 aliphatic rings. The van der Waals surface area contributed by atoms with E-state index in [1.54, 1.807) is 7.11 Å². The molecule has 1 heterocycles. The first-order valence-corrected chi connectivity index (χ1v) is 7.85. The van der Waals surface area contributed by atoms with Crippen LogP contribution < -0.4 is 15.2 Å². The zero-order valence-corrected chi connectivity index (χ0v) is 12.9. The molecule has 3 rings (SSSR count). The van der Waals surface area contributed by atoms with Gasteiger partial charge in [-0.15, -0.1) is 0 Å². The molecule has 4 heteroatoms. The third kappa shape index (κ3) is 2.74. The van der Waals surface area contributed by atoms with Crippen molar-refractivity contribution in [3.8, 4) is 11.5 Å². The fraction of sp³-hybridized carbons (Fsp3) is 0.647. The number of nitrogens with two attached hydrogens (primary N) is 1. The minimum Gasteiger partial charge on any atom is -0.493 e. The molecule has 2 unspecified atom stereocenters.